The minimum absolute atomic E-state index is 0.117. The Kier molecular flexibility index (Phi) is 4.06. The molecule has 2 aromatic heterocycles. The molecule has 1 saturated carbocycles. The average molecular weight is 395 g/mol. The molecule has 1 unspecified atom stereocenters. The number of imidazole rings is 1. The van der Waals surface area contributed by atoms with Gasteiger partial charge in [-0.25, -0.2) is 14.3 Å². The lowest BCUT2D eigenvalue weighted by Gasteiger charge is -2.11. The quantitative estimate of drug-likeness (QED) is 0.663. The predicted molar refractivity (Wildman–Crippen MR) is 103 cm³/mol. The zero-order chi connectivity index (χ0) is 20.3. The van der Waals surface area contributed by atoms with Crippen molar-refractivity contribution in [3.05, 3.63) is 35.0 Å². The third-order valence-electron chi connectivity index (χ3n) is 5.73. The molecule has 29 heavy (non-hydrogen) atoms. The first kappa shape index (κ1) is 18.1. The first-order valence-corrected chi connectivity index (χ1v) is 9.84. The largest absolute Gasteiger partial charge is 0.464 e. The highest BCUT2D eigenvalue weighted by Crippen LogP contribution is 2.42. The molecule has 8 nitrogen and oxygen atoms in total. The van der Waals surface area contributed by atoms with Crippen LogP contribution in [0.4, 0.5) is 4.79 Å². The summed E-state index contributed by atoms with van der Waals surface area (Å²) in [6.45, 7) is 4.17. The number of carbonyl (C=O) groups excluding carboxylic acids is 1. The van der Waals surface area contributed by atoms with Crippen molar-refractivity contribution in [3.8, 4) is 11.1 Å². The maximum atomic E-state index is 13.3. The van der Waals surface area contributed by atoms with Crippen LogP contribution >= 0.6 is 0 Å². The van der Waals surface area contributed by atoms with Gasteiger partial charge in [0, 0.05) is 23.7 Å². The van der Waals surface area contributed by atoms with Crippen LogP contribution in [0.5, 0.6) is 0 Å². The number of hydrogen-bond acceptors (Lipinski definition) is 6. The van der Waals surface area contributed by atoms with Crippen molar-refractivity contribution < 1.29 is 24.0 Å². The molecule has 3 aromatic rings. The molecular formula is C21H21N3O5. The summed E-state index contributed by atoms with van der Waals surface area (Å²) in [5.74, 6) is 1.08. The summed E-state index contributed by atoms with van der Waals surface area (Å²) in [4.78, 5) is 30.0. The Labute approximate surface area is 166 Å². The van der Waals surface area contributed by atoms with Gasteiger partial charge in [0.15, 0.2) is 5.78 Å². The molecular weight excluding hydrogens is 374 g/mol. The molecule has 5 rings (SSSR count). The van der Waals surface area contributed by atoms with E-state index >= 15 is 0 Å². The molecule has 0 bridgehead atoms. The molecule has 1 atom stereocenters. The van der Waals surface area contributed by atoms with Crippen molar-refractivity contribution in [2.24, 2.45) is 0 Å². The van der Waals surface area contributed by atoms with E-state index in [9.17, 15) is 14.7 Å². The van der Waals surface area contributed by atoms with Crippen LogP contribution in [0, 0.1) is 13.8 Å². The number of rotatable bonds is 4. The van der Waals surface area contributed by atoms with E-state index in [2.05, 4.69) is 10.1 Å². The van der Waals surface area contributed by atoms with Gasteiger partial charge in [0.25, 0.3) is 0 Å². The van der Waals surface area contributed by atoms with Crippen LogP contribution in [0.1, 0.15) is 59.2 Å². The fourth-order valence-corrected chi connectivity index (χ4v) is 4.20. The molecule has 0 amide bonds. The molecule has 1 aliphatic carbocycles. The van der Waals surface area contributed by atoms with Gasteiger partial charge in [0.2, 0.25) is 0 Å². The maximum absolute atomic E-state index is 13.3. The normalized spacial score (nSPS) is 19.2. The number of aryl methyl sites for hydroxylation is 2. The Balaban J connectivity index is 1.80. The van der Waals surface area contributed by atoms with E-state index < -0.39 is 12.2 Å². The number of carbonyl (C=O) groups is 2. The Bertz CT molecular complexity index is 1130. The van der Waals surface area contributed by atoms with Crippen molar-refractivity contribution in [1.29, 1.82) is 0 Å². The molecule has 2 fully saturated rings. The lowest BCUT2D eigenvalue weighted by atomic mass is 9.96. The first-order chi connectivity index (χ1) is 14.0. The van der Waals surface area contributed by atoms with E-state index in [0.717, 1.165) is 24.8 Å². The highest BCUT2D eigenvalue weighted by Gasteiger charge is 2.34. The lowest BCUT2D eigenvalue weighted by Crippen LogP contribution is -2.20. The van der Waals surface area contributed by atoms with Gasteiger partial charge >= 0.3 is 6.09 Å². The van der Waals surface area contributed by atoms with Crippen molar-refractivity contribution in [2.75, 3.05) is 6.61 Å². The smallest absolute Gasteiger partial charge is 0.417 e. The number of benzene rings is 1. The highest BCUT2D eigenvalue weighted by atomic mass is 16.5. The second-order valence-electron chi connectivity index (χ2n) is 7.82. The molecule has 0 spiro atoms. The molecule has 8 heteroatoms. The van der Waals surface area contributed by atoms with Gasteiger partial charge in [-0.05, 0) is 57.2 Å². The number of hydrogen-bond donors (Lipinski definition) is 1. The lowest BCUT2D eigenvalue weighted by molar-refractivity contribution is 0.0644. The Morgan fingerprint density at radius 2 is 2.00 bits per heavy atom. The van der Waals surface area contributed by atoms with Gasteiger partial charge in [-0.1, -0.05) is 5.16 Å². The molecule has 3 heterocycles. The van der Waals surface area contributed by atoms with Crippen LogP contribution in [0.15, 0.2) is 16.7 Å². The minimum atomic E-state index is -1.10. The van der Waals surface area contributed by atoms with E-state index in [0.29, 0.717) is 52.5 Å². The Hall–Kier alpha value is -3.00. The molecule has 1 aromatic carbocycles. The zero-order valence-electron chi connectivity index (χ0n) is 16.3. The predicted octanol–water partition coefficient (Wildman–Crippen LogP) is 4.07. The van der Waals surface area contributed by atoms with Crippen molar-refractivity contribution in [1.82, 2.24) is 14.7 Å². The van der Waals surface area contributed by atoms with Gasteiger partial charge in [-0.3, -0.25) is 4.79 Å². The topological polar surface area (TPSA) is 107 Å². The van der Waals surface area contributed by atoms with Crippen molar-refractivity contribution >= 4 is 22.9 Å². The van der Waals surface area contributed by atoms with Gasteiger partial charge in [0.1, 0.15) is 23.2 Å². The number of carboxylic acid groups (broad SMARTS) is 1. The van der Waals surface area contributed by atoms with Gasteiger partial charge in [-0.2, -0.15) is 0 Å². The van der Waals surface area contributed by atoms with E-state index in [-0.39, 0.29) is 11.7 Å². The monoisotopic (exact) mass is 395 g/mol. The summed E-state index contributed by atoms with van der Waals surface area (Å²) in [6, 6.07) is 3.54. The number of aromatic nitrogens is 3. The SMILES string of the molecule is Cc1noc(C)c1-c1cc(C(=O)C2CCCO2)c2nc(C3CC3)n(C(=O)O)c2c1. The van der Waals surface area contributed by atoms with Gasteiger partial charge in [-0.15, -0.1) is 0 Å². The average Bonchev–Trinajstić information content (AvgIpc) is 3.10. The molecule has 150 valence electrons. The van der Waals surface area contributed by atoms with E-state index in [1.165, 1.54) is 4.57 Å². The van der Waals surface area contributed by atoms with Crippen LogP contribution in [0.3, 0.4) is 0 Å². The third kappa shape index (κ3) is 2.86. The number of nitrogens with zero attached hydrogens (tertiary/aromatic N) is 3. The maximum Gasteiger partial charge on any atom is 0.417 e. The number of ether oxygens (including phenoxy) is 1. The summed E-state index contributed by atoms with van der Waals surface area (Å²) in [7, 11) is 0. The summed E-state index contributed by atoms with van der Waals surface area (Å²) < 4.78 is 12.1. The standard InChI is InChI=1S/C21H21N3O5/c1-10-17(11(2)29-23-10)13-8-14(19(25)16-4-3-7-28-16)18-15(9-13)24(21(26)27)20(22-18)12-5-6-12/h8-9,12,16H,3-7H2,1-2H3,(H,26,27). The second-order valence-corrected chi connectivity index (χ2v) is 7.82. The van der Waals surface area contributed by atoms with Gasteiger partial charge in [0.05, 0.1) is 11.2 Å². The second kappa shape index (κ2) is 6.52. The fourth-order valence-electron chi connectivity index (χ4n) is 4.20. The third-order valence-corrected chi connectivity index (χ3v) is 5.73. The van der Waals surface area contributed by atoms with Crippen LogP contribution in [0.2, 0.25) is 0 Å². The number of fused-ring (bicyclic) bond motifs is 1. The van der Waals surface area contributed by atoms with Crippen molar-refractivity contribution in [3.63, 3.8) is 0 Å². The van der Waals surface area contributed by atoms with E-state index in [1.54, 1.807) is 19.1 Å². The molecule has 1 aliphatic heterocycles. The summed E-state index contributed by atoms with van der Waals surface area (Å²) in [5.41, 5.74) is 3.37. The van der Waals surface area contributed by atoms with Crippen LogP contribution in [-0.2, 0) is 4.74 Å². The molecule has 1 N–H and O–H groups in total. The van der Waals surface area contributed by atoms with E-state index in [1.807, 2.05) is 6.92 Å². The zero-order valence-corrected chi connectivity index (χ0v) is 16.3. The highest BCUT2D eigenvalue weighted by molar-refractivity contribution is 6.11. The molecule has 2 aliphatic rings. The number of Topliss-reactive ketones (excluding diaryl/α,β-unsaturated/α-hetero) is 1. The Morgan fingerprint density at radius 3 is 2.59 bits per heavy atom. The first-order valence-electron chi connectivity index (χ1n) is 9.84. The summed E-state index contributed by atoms with van der Waals surface area (Å²) >= 11 is 0. The summed E-state index contributed by atoms with van der Waals surface area (Å²) in [6.07, 6.45) is 1.69. The Morgan fingerprint density at radius 1 is 1.21 bits per heavy atom. The number of ketones is 1. The molecule has 1 saturated heterocycles. The van der Waals surface area contributed by atoms with Gasteiger partial charge < -0.3 is 14.4 Å². The van der Waals surface area contributed by atoms with E-state index in [4.69, 9.17) is 9.26 Å². The van der Waals surface area contributed by atoms with Crippen LogP contribution in [0.25, 0.3) is 22.2 Å². The summed E-state index contributed by atoms with van der Waals surface area (Å²) in [5, 5.41) is 13.9. The van der Waals surface area contributed by atoms with Crippen LogP contribution in [-0.4, -0.2) is 44.4 Å². The van der Waals surface area contributed by atoms with Crippen molar-refractivity contribution in [2.45, 2.75) is 51.6 Å². The fraction of sp³-hybridized carbons (Fsp3) is 0.429. The van der Waals surface area contributed by atoms with Crippen LogP contribution < -0.4 is 0 Å². The minimum Gasteiger partial charge on any atom is -0.464 e. The molecule has 0 radical (unpaired) electrons.